The first-order valence-electron chi connectivity index (χ1n) is 7.26. The molecule has 1 amide bonds. The lowest BCUT2D eigenvalue weighted by Gasteiger charge is -2.32. The van der Waals surface area contributed by atoms with Crippen LogP contribution < -0.4 is 5.32 Å². The van der Waals surface area contributed by atoms with Gasteiger partial charge < -0.3 is 4.74 Å². The van der Waals surface area contributed by atoms with E-state index in [1.807, 2.05) is 0 Å². The van der Waals surface area contributed by atoms with Crippen molar-refractivity contribution in [3.05, 3.63) is 62.2 Å². The van der Waals surface area contributed by atoms with Crippen LogP contribution in [0.4, 0.5) is 21.9 Å². The summed E-state index contributed by atoms with van der Waals surface area (Å²) in [6.45, 7) is 3.43. The first-order valence-corrected chi connectivity index (χ1v) is 7.26. The third-order valence-electron chi connectivity index (χ3n) is 3.91. The first-order chi connectivity index (χ1) is 11.7. The second-order valence-electron chi connectivity index (χ2n) is 6.04. The molecule has 0 aromatic heterocycles. The Labute approximate surface area is 141 Å². The fourth-order valence-corrected chi connectivity index (χ4v) is 2.73. The van der Waals surface area contributed by atoms with E-state index in [2.05, 4.69) is 5.32 Å². The Morgan fingerprint density at radius 3 is 2.12 bits per heavy atom. The van der Waals surface area contributed by atoms with Gasteiger partial charge >= 0.3 is 6.09 Å². The number of carbonyl (C=O) groups excluding carboxylic acids is 1. The van der Waals surface area contributed by atoms with E-state index in [1.54, 1.807) is 32.0 Å². The number of rotatable bonds is 3. The van der Waals surface area contributed by atoms with Crippen LogP contribution in [0.1, 0.15) is 19.4 Å². The molecule has 9 heteroatoms. The third kappa shape index (κ3) is 2.99. The highest BCUT2D eigenvalue weighted by Crippen LogP contribution is 2.39. The van der Waals surface area contributed by atoms with Crippen LogP contribution in [0, 0.1) is 20.2 Å². The average molecular weight is 343 g/mol. The molecular weight excluding hydrogens is 330 g/mol. The molecule has 25 heavy (non-hydrogen) atoms. The molecule has 1 aliphatic rings. The molecule has 0 spiro atoms. The molecule has 0 fully saturated rings. The number of benzene rings is 2. The van der Waals surface area contributed by atoms with Crippen molar-refractivity contribution in [3.8, 4) is 11.1 Å². The largest absolute Gasteiger partial charge is 0.438 e. The third-order valence-corrected chi connectivity index (χ3v) is 3.91. The van der Waals surface area contributed by atoms with Crippen molar-refractivity contribution in [1.82, 2.24) is 0 Å². The van der Waals surface area contributed by atoms with Crippen LogP contribution in [-0.2, 0) is 10.3 Å². The van der Waals surface area contributed by atoms with E-state index in [-0.39, 0.29) is 11.4 Å². The minimum atomic E-state index is -0.902. The summed E-state index contributed by atoms with van der Waals surface area (Å²) in [5, 5.41) is 24.7. The Morgan fingerprint density at radius 2 is 1.56 bits per heavy atom. The number of non-ortho nitro benzene ring substituents is 2. The summed E-state index contributed by atoms with van der Waals surface area (Å²) < 4.78 is 5.25. The lowest BCUT2D eigenvalue weighted by atomic mass is 9.91. The SMILES string of the molecule is CC1(C)OC(=O)Nc2ccc(-c3cc([N+](=O)[O-])cc([N+](=O)[O-])c3)cc21. The monoisotopic (exact) mass is 343 g/mol. The zero-order chi connectivity index (χ0) is 18.4. The summed E-state index contributed by atoms with van der Waals surface area (Å²) in [5.41, 5.74) is 0.454. The van der Waals surface area contributed by atoms with Crippen molar-refractivity contribution in [1.29, 1.82) is 0 Å². The molecule has 0 saturated carbocycles. The molecule has 0 saturated heterocycles. The molecule has 0 radical (unpaired) electrons. The molecule has 0 bridgehead atoms. The highest BCUT2D eigenvalue weighted by Gasteiger charge is 2.33. The van der Waals surface area contributed by atoms with Crippen LogP contribution in [0.15, 0.2) is 36.4 Å². The number of nitrogens with one attached hydrogen (secondary N) is 1. The van der Waals surface area contributed by atoms with Crippen LogP contribution >= 0.6 is 0 Å². The van der Waals surface area contributed by atoms with Crippen LogP contribution in [-0.4, -0.2) is 15.9 Å². The number of hydrogen-bond acceptors (Lipinski definition) is 6. The van der Waals surface area contributed by atoms with Gasteiger partial charge in [0.25, 0.3) is 11.4 Å². The zero-order valence-corrected chi connectivity index (χ0v) is 13.3. The highest BCUT2D eigenvalue weighted by molar-refractivity contribution is 5.89. The summed E-state index contributed by atoms with van der Waals surface area (Å²) >= 11 is 0. The predicted octanol–water partition coefficient (Wildman–Crippen LogP) is 3.97. The molecule has 0 unspecified atom stereocenters. The quantitative estimate of drug-likeness (QED) is 0.664. The number of cyclic esters (lactones) is 1. The van der Waals surface area contributed by atoms with Crippen molar-refractivity contribution in [2.75, 3.05) is 5.32 Å². The van der Waals surface area contributed by atoms with Crippen molar-refractivity contribution in [3.63, 3.8) is 0 Å². The van der Waals surface area contributed by atoms with Crippen molar-refractivity contribution in [2.45, 2.75) is 19.4 Å². The fourth-order valence-electron chi connectivity index (χ4n) is 2.73. The molecule has 128 valence electrons. The minimum absolute atomic E-state index is 0.330. The van der Waals surface area contributed by atoms with E-state index in [9.17, 15) is 25.0 Å². The summed E-state index contributed by atoms with van der Waals surface area (Å²) in [6.07, 6.45) is -0.573. The van der Waals surface area contributed by atoms with Crippen LogP contribution in [0.3, 0.4) is 0 Å². The Kier molecular flexibility index (Phi) is 3.63. The highest BCUT2D eigenvalue weighted by atomic mass is 16.6. The molecule has 1 heterocycles. The van der Waals surface area contributed by atoms with Crippen LogP contribution in [0.2, 0.25) is 0 Å². The van der Waals surface area contributed by atoms with Gasteiger partial charge in [0.2, 0.25) is 0 Å². The van der Waals surface area contributed by atoms with Gasteiger partial charge in [0.15, 0.2) is 0 Å². The van der Waals surface area contributed by atoms with Gasteiger partial charge in [-0.3, -0.25) is 25.5 Å². The molecule has 2 aromatic rings. The molecule has 1 N–H and O–H groups in total. The number of carbonyl (C=O) groups is 1. The van der Waals surface area contributed by atoms with Gasteiger partial charge in [-0.25, -0.2) is 4.79 Å². The fraction of sp³-hybridized carbons (Fsp3) is 0.188. The van der Waals surface area contributed by atoms with Gasteiger partial charge in [0, 0.05) is 17.7 Å². The van der Waals surface area contributed by atoms with Gasteiger partial charge in [-0.1, -0.05) is 6.07 Å². The average Bonchev–Trinajstić information content (AvgIpc) is 2.53. The van der Waals surface area contributed by atoms with E-state index in [0.29, 0.717) is 22.4 Å². The van der Waals surface area contributed by atoms with Gasteiger partial charge in [-0.05, 0) is 37.1 Å². The van der Waals surface area contributed by atoms with Gasteiger partial charge in [-0.15, -0.1) is 0 Å². The van der Waals surface area contributed by atoms with E-state index in [0.717, 1.165) is 6.07 Å². The number of anilines is 1. The van der Waals surface area contributed by atoms with Crippen LogP contribution in [0.25, 0.3) is 11.1 Å². The second-order valence-corrected chi connectivity index (χ2v) is 6.04. The Balaban J connectivity index is 2.16. The topological polar surface area (TPSA) is 125 Å². The Morgan fingerprint density at radius 1 is 0.960 bits per heavy atom. The second kappa shape index (κ2) is 5.55. The van der Waals surface area contributed by atoms with E-state index < -0.39 is 21.5 Å². The number of hydrogen-bond donors (Lipinski definition) is 1. The lowest BCUT2D eigenvalue weighted by Crippen LogP contribution is -2.34. The van der Waals surface area contributed by atoms with Crippen molar-refractivity contribution >= 4 is 23.2 Å². The van der Waals surface area contributed by atoms with Crippen LogP contribution in [0.5, 0.6) is 0 Å². The maximum Gasteiger partial charge on any atom is 0.412 e. The summed E-state index contributed by atoms with van der Waals surface area (Å²) in [5.74, 6) is 0. The number of ether oxygens (including phenoxy) is 1. The lowest BCUT2D eigenvalue weighted by molar-refractivity contribution is -0.394. The smallest absolute Gasteiger partial charge is 0.412 e. The summed E-state index contributed by atoms with van der Waals surface area (Å²) in [4.78, 5) is 32.3. The molecule has 0 aliphatic carbocycles. The van der Waals surface area contributed by atoms with Gasteiger partial charge in [0.1, 0.15) is 5.60 Å². The number of fused-ring (bicyclic) bond motifs is 1. The maximum absolute atomic E-state index is 11.6. The first kappa shape index (κ1) is 16.4. The summed E-state index contributed by atoms with van der Waals surface area (Å²) in [6, 6.07) is 8.40. The standard InChI is InChI=1S/C16H13N3O6/c1-16(2)13-7-9(3-4-14(13)17-15(20)25-16)10-5-11(18(21)22)8-12(6-10)19(23)24/h3-8H,1-2H3,(H,17,20). The number of nitrogens with zero attached hydrogens (tertiary/aromatic N) is 2. The zero-order valence-electron chi connectivity index (χ0n) is 13.3. The molecule has 3 rings (SSSR count). The predicted molar refractivity (Wildman–Crippen MR) is 88.3 cm³/mol. The molecule has 9 nitrogen and oxygen atoms in total. The van der Waals surface area contributed by atoms with Crippen molar-refractivity contribution < 1.29 is 19.4 Å². The Hall–Kier alpha value is -3.49. The Bertz CT molecular complexity index is 890. The summed E-state index contributed by atoms with van der Waals surface area (Å²) in [7, 11) is 0. The molecular formula is C16H13N3O6. The molecule has 2 aromatic carbocycles. The number of nitro groups is 2. The number of nitro benzene ring substituents is 2. The molecule has 0 atom stereocenters. The van der Waals surface area contributed by atoms with E-state index in [1.165, 1.54) is 12.1 Å². The van der Waals surface area contributed by atoms with Crippen molar-refractivity contribution in [2.24, 2.45) is 0 Å². The van der Waals surface area contributed by atoms with Gasteiger partial charge in [-0.2, -0.15) is 0 Å². The van der Waals surface area contributed by atoms with E-state index >= 15 is 0 Å². The normalized spacial score (nSPS) is 14.9. The van der Waals surface area contributed by atoms with Gasteiger partial charge in [0.05, 0.1) is 21.6 Å². The minimum Gasteiger partial charge on any atom is -0.438 e. The van der Waals surface area contributed by atoms with E-state index in [4.69, 9.17) is 4.74 Å². The maximum atomic E-state index is 11.6. The number of amides is 1. The molecule has 1 aliphatic heterocycles.